The molecule has 0 aliphatic carbocycles. The Kier molecular flexibility index (Phi) is 5.25. The Morgan fingerprint density at radius 2 is 1.96 bits per heavy atom. The van der Waals surface area contributed by atoms with E-state index >= 15 is 0 Å². The maximum absolute atomic E-state index is 13.2. The molecule has 0 saturated heterocycles. The summed E-state index contributed by atoms with van der Waals surface area (Å²) in [5.41, 5.74) is -0.276. The van der Waals surface area contributed by atoms with Gasteiger partial charge in [-0.15, -0.1) is 0 Å². The lowest BCUT2D eigenvalue weighted by molar-refractivity contribution is -0.384. The highest BCUT2D eigenvalue weighted by molar-refractivity contribution is 5.92. The Bertz CT molecular complexity index is 1130. The van der Waals surface area contributed by atoms with E-state index in [-0.39, 0.29) is 17.9 Å². The number of benzene rings is 2. The van der Waals surface area contributed by atoms with Gasteiger partial charge in [0, 0.05) is 24.4 Å². The van der Waals surface area contributed by atoms with Crippen molar-refractivity contribution in [2.24, 2.45) is 0 Å². The highest BCUT2D eigenvalue weighted by atomic mass is 19.1. The molecule has 0 aliphatic rings. The van der Waals surface area contributed by atoms with Crippen molar-refractivity contribution < 1.29 is 14.1 Å². The van der Waals surface area contributed by atoms with E-state index < -0.39 is 27.8 Å². The van der Waals surface area contributed by atoms with Crippen LogP contribution in [0.1, 0.15) is 21.7 Å². The fourth-order valence-corrected chi connectivity index (χ4v) is 2.66. The molecule has 1 amide bonds. The van der Waals surface area contributed by atoms with Gasteiger partial charge in [0.05, 0.1) is 4.92 Å². The van der Waals surface area contributed by atoms with Crippen LogP contribution in [0.3, 0.4) is 0 Å². The van der Waals surface area contributed by atoms with Crippen LogP contribution in [0.2, 0.25) is 0 Å². The van der Waals surface area contributed by atoms with Crippen molar-refractivity contribution in [3.63, 3.8) is 0 Å². The van der Waals surface area contributed by atoms with E-state index in [0.717, 1.165) is 0 Å². The number of rotatable bonds is 5. The van der Waals surface area contributed by atoms with Gasteiger partial charge >= 0.3 is 0 Å². The van der Waals surface area contributed by atoms with Gasteiger partial charge in [0.1, 0.15) is 11.5 Å². The summed E-state index contributed by atoms with van der Waals surface area (Å²) in [7, 11) is 0. The van der Waals surface area contributed by atoms with Crippen molar-refractivity contribution in [2.75, 3.05) is 0 Å². The SMILES string of the molecule is Cc1cc(=O)c(C(=O)NCc2cccc(F)c2)nn1-c1ccccc1[N+](=O)[O-]. The van der Waals surface area contributed by atoms with E-state index in [9.17, 15) is 24.1 Å². The second-order valence-corrected chi connectivity index (χ2v) is 5.97. The lowest BCUT2D eigenvalue weighted by atomic mass is 10.2. The number of halogens is 1. The minimum absolute atomic E-state index is 0.00290. The third-order valence-electron chi connectivity index (χ3n) is 3.97. The van der Waals surface area contributed by atoms with Gasteiger partial charge in [-0.1, -0.05) is 24.3 Å². The number of aryl methyl sites for hydroxylation is 1. The fourth-order valence-electron chi connectivity index (χ4n) is 2.66. The Balaban J connectivity index is 1.95. The molecule has 0 radical (unpaired) electrons. The molecule has 3 rings (SSSR count). The minimum atomic E-state index is -0.762. The molecule has 9 heteroatoms. The Labute approximate surface area is 158 Å². The normalized spacial score (nSPS) is 10.5. The average Bonchev–Trinajstić information content (AvgIpc) is 2.66. The number of nitrogens with one attached hydrogen (secondary N) is 1. The number of amides is 1. The van der Waals surface area contributed by atoms with Crippen LogP contribution in [0.4, 0.5) is 10.1 Å². The summed E-state index contributed by atoms with van der Waals surface area (Å²) in [5.74, 6) is -1.21. The molecule has 1 aromatic heterocycles. The zero-order valence-corrected chi connectivity index (χ0v) is 14.8. The number of hydrogen-bond donors (Lipinski definition) is 1. The molecule has 1 heterocycles. The van der Waals surface area contributed by atoms with Crippen LogP contribution in [0.5, 0.6) is 0 Å². The fraction of sp³-hybridized carbons (Fsp3) is 0.105. The molecule has 142 valence electrons. The summed E-state index contributed by atoms with van der Waals surface area (Å²) in [4.78, 5) is 35.3. The van der Waals surface area contributed by atoms with Crippen LogP contribution in [-0.2, 0) is 6.54 Å². The molecule has 2 aromatic carbocycles. The Morgan fingerprint density at radius 1 is 1.21 bits per heavy atom. The first-order valence-corrected chi connectivity index (χ1v) is 8.24. The molecule has 3 aromatic rings. The molecule has 8 nitrogen and oxygen atoms in total. The summed E-state index contributed by atoms with van der Waals surface area (Å²) in [6.45, 7) is 1.55. The van der Waals surface area contributed by atoms with Crippen LogP contribution >= 0.6 is 0 Å². The first-order valence-electron chi connectivity index (χ1n) is 8.24. The van der Waals surface area contributed by atoms with Crippen molar-refractivity contribution in [3.05, 3.63) is 97.7 Å². The van der Waals surface area contributed by atoms with Gasteiger partial charge in [0.2, 0.25) is 5.43 Å². The topological polar surface area (TPSA) is 107 Å². The van der Waals surface area contributed by atoms with Gasteiger partial charge in [-0.05, 0) is 30.7 Å². The van der Waals surface area contributed by atoms with E-state index in [1.54, 1.807) is 19.1 Å². The number of nitro benzene ring substituents is 1. The zero-order valence-electron chi connectivity index (χ0n) is 14.8. The molecule has 0 atom stereocenters. The smallest absolute Gasteiger partial charge is 0.294 e. The van der Waals surface area contributed by atoms with Gasteiger partial charge in [-0.25, -0.2) is 9.07 Å². The highest BCUT2D eigenvalue weighted by Crippen LogP contribution is 2.22. The summed E-state index contributed by atoms with van der Waals surface area (Å²) in [6, 6.07) is 12.7. The first-order chi connectivity index (χ1) is 13.4. The molecule has 0 aliphatic heterocycles. The lowest BCUT2D eigenvalue weighted by Crippen LogP contribution is -2.31. The Morgan fingerprint density at radius 3 is 2.68 bits per heavy atom. The van der Waals surface area contributed by atoms with Crippen LogP contribution in [0, 0.1) is 22.9 Å². The van der Waals surface area contributed by atoms with Crippen molar-refractivity contribution in [1.29, 1.82) is 0 Å². The number of hydrogen-bond acceptors (Lipinski definition) is 5. The second-order valence-electron chi connectivity index (χ2n) is 5.97. The molecule has 0 spiro atoms. The van der Waals surface area contributed by atoms with Crippen molar-refractivity contribution in [1.82, 2.24) is 15.1 Å². The third-order valence-corrected chi connectivity index (χ3v) is 3.97. The molecule has 28 heavy (non-hydrogen) atoms. The van der Waals surface area contributed by atoms with Gasteiger partial charge in [0.15, 0.2) is 5.69 Å². The molecule has 0 bridgehead atoms. The maximum Gasteiger partial charge on any atom is 0.294 e. The van der Waals surface area contributed by atoms with Gasteiger partial charge in [-0.3, -0.25) is 19.7 Å². The monoisotopic (exact) mass is 382 g/mol. The van der Waals surface area contributed by atoms with Crippen molar-refractivity contribution in [3.8, 4) is 5.69 Å². The molecule has 0 unspecified atom stereocenters. The van der Waals surface area contributed by atoms with E-state index in [1.807, 2.05) is 0 Å². The first kappa shape index (κ1) is 18.9. The highest BCUT2D eigenvalue weighted by Gasteiger charge is 2.20. The average molecular weight is 382 g/mol. The maximum atomic E-state index is 13.2. The molecule has 0 fully saturated rings. The number of para-hydroxylation sites is 2. The van der Waals surface area contributed by atoms with Gasteiger partial charge in [-0.2, -0.15) is 5.10 Å². The number of carbonyl (C=O) groups excluding carboxylic acids is 1. The molecular weight excluding hydrogens is 367 g/mol. The van der Waals surface area contributed by atoms with Crippen molar-refractivity contribution >= 4 is 11.6 Å². The summed E-state index contributed by atoms with van der Waals surface area (Å²) in [6.07, 6.45) is 0. The number of nitrogens with zero attached hydrogens (tertiary/aromatic N) is 3. The van der Waals surface area contributed by atoms with Crippen LogP contribution in [-0.4, -0.2) is 20.6 Å². The standard InChI is InChI=1S/C19H15FN4O4/c1-12-9-17(25)18(19(26)21-11-13-5-4-6-14(20)10-13)22-23(12)15-7-2-3-8-16(15)24(27)28/h2-10H,11H2,1H3,(H,21,26). The second kappa shape index (κ2) is 7.78. The molecular formula is C19H15FN4O4. The predicted octanol–water partition coefficient (Wildman–Crippen LogP) is 2.52. The van der Waals surface area contributed by atoms with E-state index in [1.165, 1.54) is 47.1 Å². The summed E-state index contributed by atoms with van der Waals surface area (Å²) >= 11 is 0. The van der Waals surface area contributed by atoms with Crippen LogP contribution in [0.25, 0.3) is 5.69 Å². The molecule has 0 saturated carbocycles. The van der Waals surface area contributed by atoms with Gasteiger partial charge in [0.25, 0.3) is 11.6 Å². The quantitative estimate of drug-likeness (QED) is 0.539. The Hall–Kier alpha value is -3.88. The molecule has 1 N–H and O–H groups in total. The largest absolute Gasteiger partial charge is 0.346 e. The number of nitro groups is 1. The predicted molar refractivity (Wildman–Crippen MR) is 98.8 cm³/mol. The van der Waals surface area contributed by atoms with Crippen molar-refractivity contribution in [2.45, 2.75) is 13.5 Å². The van der Waals surface area contributed by atoms with E-state index in [0.29, 0.717) is 11.3 Å². The third kappa shape index (κ3) is 3.93. The lowest BCUT2D eigenvalue weighted by Gasteiger charge is -2.11. The van der Waals surface area contributed by atoms with Gasteiger partial charge < -0.3 is 5.32 Å². The van der Waals surface area contributed by atoms with Crippen LogP contribution < -0.4 is 10.7 Å². The number of carbonyl (C=O) groups is 1. The minimum Gasteiger partial charge on any atom is -0.346 e. The zero-order chi connectivity index (χ0) is 20.3. The van der Waals surface area contributed by atoms with E-state index in [2.05, 4.69) is 10.4 Å². The summed E-state index contributed by atoms with van der Waals surface area (Å²) < 4.78 is 14.4. The number of aromatic nitrogens is 2. The van der Waals surface area contributed by atoms with Crippen LogP contribution in [0.15, 0.2) is 59.4 Å². The van der Waals surface area contributed by atoms with E-state index in [4.69, 9.17) is 0 Å². The summed E-state index contributed by atoms with van der Waals surface area (Å²) in [5, 5.41) is 17.8.